The monoisotopic (exact) mass is 374 g/mol. The van der Waals surface area contributed by atoms with Gasteiger partial charge in [-0.3, -0.25) is 4.90 Å². The number of hydrogen-bond acceptors (Lipinski definition) is 3. The number of rotatable bonds is 3. The molecule has 0 saturated carbocycles. The molecule has 3 nitrogen and oxygen atoms in total. The molecule has 0 aromatic heterocycles. The van der Waals surface area contributed by atoms with Crippen molar-refractivity contribution in [3.63, 3.8) is 0 Å². The van der Waals surface area contributed by atoms with Gasteiger partial charge in [0.2, 0.25) is 0 Å². The third-order valence-corrected chi connectivity index (χ3v) is 4.95. The molecule has 21 heavy (non-hydrogen) atoms. The zero-order valence-electron chi connectivity index (χ0n) is 13.1. The van der Waals surface area contributed by atoms with Gasteiger partial charge in [-0.25, -0.2) is 0 Å². The maximum absolute atomic E-state index is 6.23. The lowest BCUT2D eigenvalue weighted by Gasteiger charge is -2.49. The Morgan fingerprint density at radius 3 is 2.33 bits per heavy atom. The number of nitrogens with zero attached hydrogens (tertiary/aromatic N) is 1. The van der Waals surface area contributed by atoms with Crippen LogP contribution in [0.3, 0.4) is 0 Å². The standard InChI is InChI=1S/C16H24BrClN2O/c1-15(2)9-20(10-16(3,4)21-15)14(8-19)11-5-6-12(17)13(18)7-11/h5-7,14H,8-10,19H2,1-4H3. The first kappa shape index (κ1) is 17.2. The highest BCUT2D eigenvalue weighted by molar-refractivity contribution is 9.10. The third-order valence-electron chi connectivity index (χ3n) is 3.71. The first-order valence-electron chi connectivity index (χ1n) is 7.23. The highest BCUT2D eigenvalue weighted by Crippen LogP contribution is 2.34. The van der Waals surface area contributed by atoms with Crippen LogP contribution in [0.5, 0.6) is 0 Å². The van der Waals surface area contributed by atoms with E-state index in [4.69, 9.17) is 22.1 Å². The maximum atomic E-state index is 6.23. The van der Waals surface area contributed by atoms with E-state index in [2.05, 4.69) is 54.6 Å². The van der Waals surface area contributed by atoms with E-state index in [0.29, 0.717) is 6.54 Å². The summed E-state index contributed by atoms with van der Waals surface area (Å²) in [7, 11) is 0. The van der Waals surface area contributed by atoms with Crippen molar-refractivity contribution in [3.8, 4) is 0 Å². The Morgan fingerprint density at radius 2 is 1.86 bits per heavy atom. The van der Waals surface area contributed by atoms with Crippen molar-refractivity contribution in [1.29, 1.82) is 0 Å². The zero-order valence-corrected chi connectivity index (χ0v) is 15.5. The fourth-order valence-electron chi connectivity index (χ4n) is 3.28. The number of benzene rings is 1. The first-order valence-corrected chi connectivity index (χ1v) is 8.40. The second kappa shape index (κ2) is 6.17. The number of halogens is 2. The van der Waals surface area contributed by atoms with Crippen LogP contribution < -0.4 is 5.73 Å². The molecule has 1 aromatic rings. The fraction of sp³-hybridized carbons (Fsp3) is 0.625. The fourth-order valence-corrected chi connectivity index (χ4v) is 3.72. The van der Waals surface area contributed by atoms with Crippen molar-refractivity contribution in [3.05, 3.63) is 33.3 Å². The molecule has 1 aliphatic rings. The van der Waals surface area contributed by atoms with Gasteiger partial charge >= 0.3 is 0 Å². The van der Waals surface area contributed by atoms with Gasteiger partial charge in [-0.1, -0.05) is 17.7 Å². The van der Waals surface area contributed by atoms with E-state index < -0.39 is 0 Å². The molecule has 2 rings (SSSR count). The summed E-state index contributed by atoms with van der Waals surface area (Å²) in [6, 6.07) is 6.22. The summed E-state index contributed by atoms with van der Waals surface area (Å²) in [6.07, 6.45) is 0. The quantitative estimate of drug-likeness (QED) is 0.868. The summed E-state index contributed by atoms with van der Waals surface area (Å²) in [5, 5.41) is 0.720. The lowest BCUT2D eigenvalue weighted by Crippen LogP contribution is -2.58. The molecular formula is C16H24BrClN2O. The number of hydrogen-bond donors (Lipinski definition) is 1. The third kappa shape index (κ3) is 4.20. The van der Waals surface area contributed by atoms with Gasteiger partial charge in [0.05, 0.1) is 16.2 Å². The first-order chi connectivity index (χ1) is 9.63. The van der Waals surface area contributed by atoms with Crippen LogP contribution in [0.1, 0.15) is 39.3 Å². The summed E-state index contributed by atoms with van der Waals surface area (Å²) < 4.78 is 7.06. The highest BCUT2D eigenvalue weighted by Gasteiger charge is 2.40. The minimum atomic E-state index is -0.186. The number of morpholine rings is 1. The molecule has 1 heterocycles. The van der Waals surface area contributed by atoms with Crippen molar-refractivity contribution in [2.45, 2.75) is 44.9 Å². The Labute approximate surface area is 140 Å². The van der Waals surface area contributed by atoms with Gasteiger partial charge < -0.3 is 10.5 Å². The molecule has 0 bridgehead atoms. The zero-order chi connectivity index (χ0) is 15.8. The van der Waals surface area contributed by atoms with Crippen LogP contribution in [0.15, 0.2) is 22.7 Å². The largest absolute Gasteiger partial charge is 0.367 e. The Kier molecular flexibility index (Phi) is 5.06. The van der Waals surface area contributed by atoms with Crippen molar-refractivity contribution in [2.24, 2.45) is 5.73 Å². The van der Waals surface area contributed by atoms with E-state index in [1.807, 2.05) is 12.1 Å². The Bertz CT molecular complexity index is 503. The van der Waals surface area contributed by atoms with Crippen molar-refractivity contribution >= 4 is 27.5 Å². The molecule has 1 atom stereocenters. The molecule has 0 amide bonds. The Balaban J connectivity index is 2.29. The predicted octanol–water partition coefficient (Wildman–Crippen LogP) is 3.99. The second-order valence-electron chi connectivity index (χ2n) is 6.95. The maximum Gasteiger partial charge on any atom is 0.0761 e. The van der Waals surface area contributed by atoms with Crippen LogP contribution in [-0.4, -0.2) is 35.7 Å². The molecule has 2 N–H and O–H groups in total. The molecule has 0 spiro atoms. The molecule has 118 valence electrons. The summed E-state index contributed by atoms with van der Waals surface area (Å²) >= 11 is 9.67. The van der Waals surface area contributed by atoms with E-state index in [1.54, 1.807) is 0 Å². The van der Waals surface area contributed by atoms with Crippen LogP contribution in [-0.2, 0) is 4.74 Å². The molecule has 5 heteroatoms. The van der Waals surface area contributed by atoms with Crippen molar-refractivity contribution in [1.82, 2.24) is 4.90 Å². The average Bonchev–Trinajstić information content (AvgIpc) is 2.30. The predicted molar refractivity (Wildman–Crippen MR) is 91.8 cm³/mol. The van der Waals surface area contributed by atoms with Gasteiger partial charge in [0.1, 0.15) is 0 Å². The van der Waals surface area contributed by atoms with Crippen LogP contribution >= 0.6 is 27.5 Å². The highest BCUT2D eigenvalue weighted by atomic mass is 79.9. The van der Waals surface area contributed by atoms with Gasteiger partial charge in [0.25, 0.3) is 0 Å². The number of nitrogens with two attached hydrogens (primary N) is 1. The van der Waals surface area contributed by atoms with Crippen molar-refractivity contribution in [2.75, 3.05) is 19.6 Å². The van der Waals surface area contributed by atoms with E-state index in [1.165, 1.54) is 0 Å². The minimum absolute atomic E-state index is 0.151. The van der Waals surface area contributed by atoms with Gasteiger partial charge in [-0.15, -0.1) is 0 Å². The van der Waals surface area contributed by atoms with Gasteiger partial charge in [-0.05, 0) is 61.3 Å². The van der Waals surface area contributed by atoms with E-state index in [-0.39, 0.29) is 17.2 Å². The molecule has 0 radical (unpaired) electrons. The summed E-state index contributed by atoms with van der Waals surface area (Å²) in [6.45, 7) is 10.8. The second-order valence-corrected chi connectivity index (χ2v) is 8.21. The lowest BCUT2D eigenvalue weighted by atomic mass is 9.95. The lowest BCUT2D eigenvalue weighted by molar-refractivity contribution is -0.187. The Morgan fingerprint density at radius 1 is 1.29 bits per heavy atom. The Hall–Kier alpha value is -0.130. The molecular weight excluding hydrogens is 352 g/mol. The minimum Gasteiger partial charge on any atom is -0.367 e. The van der Waals surface area contributed by atoms with Gasteiger partial charge in [-0.2, -0.15) is 0 Å². The van der Waals surface area contributed by atoms with Crippen LogP contribution in [0.4, 0.5) is 0 Å². The molecule has 1 fully saturated rings. The summed E-state index contributed by atoms with van der Waals surface area (Å²) in [4.78, 5) is 2.41. The van der Waals surface area contributed by atoms with E-state index in [0.717, 1.165) is 28.1 Å². The normalized spacial score (nSPS) is 23.0. The van der Waals surface area contributed by atoms with Crippen LogP contribution in [0.25, 0.3) is 0 Å². The van der Waals surface area contributed by atoms with Crippen molar-refractivity contribution < 1.29 is 4.74 Å². The van der Waals surface area contributed by atoms with Gasteiger partial charge in [0, 0.05) is 30.1 Å². The smallest absolute Gasteiger partial charge is 0.0761 e. The topological polar surface area (TPSA) is 38.5 Å². The van der Waals surface area contributed by atoms with E-state index >= 15 is 0 Å². The van der Waals surface area contributed by atoms with E-state index in [9.17, 15) is 0 Å². The molecule has 1 unspecified atom stereocenters. The molecule has 0 aliphatic carbocycles. The molecule has 1 aliphatic heterocycles. The van der Waals surface area contributed by atoms with Crippen LogP contribution in [0, 0.1) is 0 Å². The summed E-state index contributed by atoms with van der Waals surface area (Å²) in [5.74, 6) is 0. The average molecular weight is 376 g/mol. The van der Waals surface area contributed by atoms with Crippen LogP contribution in [0.2, 0.25) is 5.02 Å². The molecule has 1 saturated heterocycles. The van der Waals surface area contributed by atoms with Gasteiger partial charge in [0.15, 0.2) is 0 Å². The summed E-state index contributed by atoms with van der Waals surface area (Å²) in [5.41, 5.74) is 6.84. The SMILES string of the molecule is CC1(C)CN(C(CN)c2ccc(Br)c(Cl)c2)CC(C)(C)O1. The number of ether oxygens (including phenoxy) is 1. The molecule has 1 aromatic carbocycles.